The minimum absolute atomic E-state index is 0.200. The molecule has 0 spiro atoms. The molecule has 2 rings (SSSR count). The van der Waals surface area contributed by atoms with E-state index in [0.717, 1.165) is 0 Å². The summed E-state index contributed by atoms with van der Waals surface area (Å²) in [5, 5.41) is 23.2. The van der Waals surface area contributed by atoms with Crippen molar-refractivity contribution in [3.05, 3.63) is 0 Å². The van der Waals surface area contributed by atoms with Crippen LogP contribution < -0.4 is 10.6 Å². The number of β-amino-alcohol motifs (C(OH)–C–C–N with tert-alkyl or cyclic N) is 1. The van der Waals surface area contributed by atoms with Crippen LogP contribution in [0.5, 0.6) is 0 Å². The highest BCUT2D eigenvalue weighted by atomic mass is 16.4. The average Bonchev–Trinajstić information content (AvgIpc) is 3.03. The zero-order chi connectivity index (χ0) is 14.7. The number of carbonyl (C=O) groups excluding carboxylic acids is 2. The molecule has 0 aromatic rings. The third kappa shape index (κ3) is 3.26. The highest BCUT2D eigenvalue weighted by Gasteiger charge is 2.39. The molecular weight excluding hydrogens is 266 g/mol. The van der Waals surface area contributed by atoms with E-state index in [4.69, 9.17) is 5.11 Å². The summed E-state index contributed by atoms with van der Waals surface area (Å²) < 4.78 is 0. The van der Waals surface area contributed by atoms with Gasteiger partial charge in [0.15, 0.2) is 0 Å². The Balaban J connectivity index is 1.94. The molecule has 0 aromatic carbocycles. The van der Waals surface area contributed by atoms with E-state index in [1.807, 2.05) is 0 Å². The van der Waals surface area contributed by atoms with Crippen LogP contribution in [0.25, 0.3) is 0 Å². The fraction of sp³-hybridized carbons (Fsp3) is 0.750. The molecule has 3 atom stereocenters. The van der Waals surface area contributed by atoms with E-state index in [0.29, 0.717) is 32.4 Å². The summed E-state index contributed by atoms with van der Waals surface area (Å²) in [4.78, 5) is 36.1. The van der Waals surface area contributed by atoms with Gasteiger partial charge in [0.2, 0.25) is 11.8 Å². The van der Waals surface area contributed by atoms with Crippen LogP contribution in [0.4, 0.5) is 0 Å². The van der Waals surface area contributed by atoms with Gasteiger partial charge in [0.1, 0.15) is 12.6 Å². The number of carboxylic acid groups (broad SMARTS) is 1. The molecule has 2 amide bonds. The van der Waals surface area contributed by atoms with Crippen molar-refractivity contribution in [2.45, 2.75) is 37.5 Å². The smallest absolute Gasteiger partial charge is 0.322 e. The van der Waals surface area contributed by atoms with Gasteiger partial charge in [-0.3, -0.25) is 14.4 Å². The number of nitrogens with zero attached hydrogens (tertiary/aromatic N) is 1. The predicted molar refractivity (Wildman–Crippen MR) is 67.8 cm³/mol. The van der Waals surface area contributed by atoms with Crippen molar-refractivity contribution in [3.63, 3.8) is 0 Å². The molecule has 0 aliphatic carbocycles. The van der Waals surface area contributed by atoms with Crippen LogP contribution in [0.15, 0.2) is 0 Å². The fourth-order valence-electron chi connectivity index (χ4n) is 2.69. The van der Waals surface area contributed by atoms with E-state index in [2.05, 4.69) is 10.6 Å². The zero-order valence-corrected chi connectivity index (χ0v) is 11.0. The Labute approximate surface area is 116 Å². The third-order valence-electron chi connectivity index (χ3n) is 3.66. The second-order valence-electron chi connectivity index (χ2n) is 5.15. The molecule has 8 heteroatoms. The minimum Gasteiger partial charge on any atom is -0.480 e. The van der Waals surface area contributed by atoms with E-state index in [-0.39, 0.29) is 5.91 Å². The SMILES string of the molecule is O=C(O)CNC(=O)[C@@H]1CCCN1C(=O)[C@@H]1C[C@@H](O)CN1. The lowest BCUT2D eigenvalue weighted by Gasteiger charge is -2.26. The number of amides is 2. The van der Waals surface area contributed by atoms with Crippen molar-refractivity contribution in [1.29, 1.82) is 0 Å². The van der Waals surface area contributed by atoms with Gasteiger partial charge < -0.3 is 25.7 Å². The maximum Gasteiger partial charge on any atom is 0.322 e. The van der Waals surface area contributed by atoms with Crippen LogP contribution in [0, 0.1) is 0 Å². The molecule has 0 radical (unpaired) electrons. The summed E-state index contributed by atoms with van der Waals surface area (Å²) in [6.45, 7) is 0.413. The number of hydrogen-bond donors (Lipinski definition) is 4. The molecule has 2 saturated heterocycles. The highest BCUT2D eigenvalue weighted by molar-refractivity contribution is 5.91. The number of carbonyl (C=O) groups is 3. The van der Waals surface area contributed by atoms with Crippen LogP contribution in [0.1, 0.15) is 19.3 Å². The highest BCUT2D eigenvalue weighted by Crippen LogP contribution is 2.20. The molecular formula is C12H19N3O5. The van der Waals surface area contributed by atoms with Crippen LogP contribution in [-0.2, 0) is 14.4 Å². The Bertz CT molecular complexity index is 414. The molecule has 20 heavy (non-hydrogen) atoms. The van der Waals surface area contributed by atoms with Gasteiger partial charge in [-0.2, -0.15) is 0 Å². The molecule has 2 aliphatic rings. The van der Waals surface area contributed by atoms with Gasteiger partial charge in [-0.05, 0) is 19.3 Å². The molecule has 112 valence electrons. The van der Waals surface area contributed by atoms with Crippen molar-refractivity contribution in [2.75, 3.05) is 19.6 Å². The molecule has 0 saturated carbocycles. The lowest BCUT2D eigenvalue weighted by Crippen LogP contribution is -2.51. The van der Waals surface area contributed by atoms with Gasteiger partial charge in [0, 0.05) is 13.1 Å². The average molecular weight is 285 g/mol. The van der Waals surface area contributed by atoms with Gasteiger partial charge in [-0.15, -0.1) is 0 Å². The first-order valence-electron chi connectivity index (χ1n) is 6.70. The number of aliphatic hydroxyl groups excluding tert-OH is 1. The van der Waals surface area contributed by atoms with Gasteiger partial charge in [-0.25, -0.2) is 0 Å². The Morgan fingerprint density at radius 3 is 2.70 bits per heavy atom. The lowest BCUT2D eigenvalue weighted by molar-refractivity contribution is -0.141. The first kappa shape index (κ1) is 14.7. The van der Waals surface area contributed by atoms with Gasteiger partial charge in [0.25, 0.3) is 0 Å². The summed E-state index contributed by atoms with van der Waals surface area (Å²) in [5.41, 5.74) is 0. The Hall–Kier alpha value is -1.67. The topological polar surface area (TPSA) is 119 Å². The van der Waals surface area contributed by atoms with E-state index in [9.17, 15) is 19.5 Å². The van der Waals surface area contributed by atoms with Crippen LogP contribution in [-0.4, -0.2) is 70.7 Å². The minimum atomic E-state index is -1.12. The summed E-state index contributed by atoms with van der Waals surface area (Å²) >= 11 is 0. The molecule has 2 heterocycles. The van der Waals surface area contributed by atoms with Crippen LogP contribution >= 0.6 is 0 Å². The van der Waals surface area contributed by atoms with Crippen LogP contribution in [0.2, 0.25) is 0 Å². The van der Waals surface area contributed by atoms with Crippen LogP contribution in [0.3, 0.4) is 0 Å². The number of nitrogens with one attached hydrogen (secondary N) is 2. The predicted octanol–water partition coefficient (Wildman–Crippen LogP) is -2.10. The van der Waals surface area contributed by atoms with E-state index < -0.39 is 36.6 Å². The largest absolute Gasteiger partial charge is 0.480 e. The number of rotatable bonds is 4. The number of aliphatic carboxylic acids is 1. The quantitative estimate of drug-likeness (QED) is 0.470. The van der Waals surface area contributed by atoms with E-state index in [1.54, 1.807) is 0 Å². The van der Waals surface area contributed by atoms with Crippen molar-refractivity contribution < 1.29 is 24.6 Å². The standard InChI is InChI=1S/C12H19N3O5/c16-7-4-8(13-5-7)12(20)15-3-1-2-9(15)11(19)14-6-10(17)18/h7-9,13,16H,1-6H2,(H,14,19)(H,17,18)/t7-,8+,9+/m1/s1. The Kier molecular flexibility index (Phi) is 4.56. The van der Waals surface area contributed by atoms with Gasteiger partial charge >= 0.3 is 5.97 Å². The number of likely N-dealkylation sites (tertiary alicyclic amines) is 1. The molecule has 2 aliphatic heterocycles. The molecule has 0 unspecified atom stereocenters. The van der Waals surface area contributed by atoms with Gasteiger partial charge in [0.05, 0.1) is 12.1 Å². The number of aliphatic hydroxyl groups is 1. The first-order chi connectivity index (χ1) is 9.49. The zero-order valence-electron chi connectivity index (χ0n) is 11.0. The maximum atomic E-state index is 12.3. The Morgan fingerprint density at radius 1 is 1.35 bits per heavy atom. The fourth-order valence-corrected chi connectivity index (χ4v) is 2.69. The summed E-state index contributed by atoms with van der Waals surface area (Å²) in [6.07, 6.45) is 1.06. The summed E-state index contributed by atoms with van der Waals surface area (Å²) in [6, 6.07) is -1.07. The van der Waals surface area contributed by atoms with Gasteiger partial charge in [-0.1, -0.05) is 0 Å². The van der Waals surface area contributed by atoms with E-state index >= 15 is 0 Å². The first-order valence-corrected chi connectivity index (χ1v) is 6.70. The molecule has 0 aromatic heterocycles. The van der Waals surface area contributed by atoms with Crippen molar-refractivity contribution >= 4 is 17.8 Å². The number of hydrogen-bond acceptors (Lipinski definition) is 5. The normalized spacial score (nSPS) is 29.4. The lowest BCUT2D eigenvalue weighted by atomic mass is 10.1. The number of carboxylic acids is 1. The molecule has 8 nitrogen and oxygen atoms in total. The van der Waals surface area contributed by atoms with Crippen molar-refractivity contribution in [1.82, 2.24) is 15.5 Å². The monoisotopic (exact) mass is 285 g/mol. The Morgan fingerprint density at radius 2 is 2.10 bits per heavy atom. The summed E-state index contributed by atoms with van der Waals surface area (Å²) in [5.74, 6) is -1.75. The molecule has 0 bridgehead atoms. The van der Waals surface area contributed by atoms with Crippen molar-refractivity contribution in [2.24, 2.45) is 0 Å². The summed E-state index contributed by atoms with van der Waals surface area (Å²) in [7, 11) is 0. The third-order valence-corrected chi connectivity index (χ3v) is 3.66. The second-order valence-corrected chi connectivity index (χ2v) is 5.15. The second kappa shape index (κ2) is 6.19. The van der Waals surface area contributed by atoms with E-state index in [1.165, 1.54) is 4.90 Å². The van der Waals surface area contributed by atoms with Crippen molar-refractivity contribution in [3.8, 4) is 0 Å². The maximum absolute atomic E-state index is 12.3. The molecule has 2 fully saturated rings. The molecule has 4 N–H and O–H groups in total.